The second-order valence-electron chi connectivity index (χ2n) is 9.96. The summed E-state index contributed by atoms with van der Waals surface area (Å²) in [5.41, 5.74) is 0.267. The lowest BCUT2D eigenvalue weighted by Crippen LogP contribution is -3.00. The third kappa shape index (κ3) is 13.5. The second kappa shape index (κ2) is 16.4. The highest BCUT2D eigenvalue weighted by Gasteiger charge is 2.35. The standard InChI is InChI=1S/C24H48N2O4P.BrH/c1-8-9-10-11-12-13-14-15-16-17-18-26(6,7)20-23-19-24(25-28-23)31(27,29-21(2)3)30-22(4)5;/h19,21-22H,8-18,20H2,1-7H3;1H/q+1;/p-1. The molecule has 0 atom stereocenters. The Labute approximate surface area is 207 Å². The van der Waals surface area contributed by atoms with Gasteiger partial charge in [-0.25, -0.2) is 0 Å². The molecule has 1 rings (SSSR count). The third-order valence-electron chi connectivity index (χ3n) is 5.23. The van der Waals surface area contributed by atoms with Crippen molar-refractivity contribution in [3.63, 3.8) is 0 Å². The molecule has 0 aliphatic carbocycles. The molecule has 190 valence electrons. The third-order valence-corrected chi connectivity index (χ3v) is 7.40. The average Bonchev–Trinajstić information content (AvgIpc) is 3.10. The van der Waals surface area contributed by atoms with Gasteiger partial charge in [-0.3, -0.25) is 4.57 Å². The van der Waals surface area contributed by atoms with Gasteiger partial charge in [-0.1, -0.05) is 63.4 Å². The highest BCUT2D eigenvalue weighted by Crippen LogP contribution is 2.49. The van der Waals surface area contributed by atoms with E-state index in [1.54, 1.807) is 6.07 Å². The molecule has 0 N–H and O–H groups in total. The molecule has 32 heavy (non-hydrogen) atoms. The smallest absolute Gasteiger partial charge is 0.383 e. The Bertz CT molecular complexity index is 636. The molecule has 0 unspecified atom stereocenters. The van der Waals surface area contributed by atoms with Crippen LogP contribution in [0.5, 0.6) is 0 Å². The van der Waals surface area contributed by atoms with Gasteiger partial charge in [0, 0.05) is 6.07 Å². The summed E-state index contributed by atoms with van der Waals surface area (Å²) in [6.07, 6.45) is 13.0. The molecular weight excluding hydrogens is 491 g/mol. The quantitative estimate of drug-likeness (QED) is 0.161. The molecular formula is C24H48BrN2O4P. The number of nitrogens with zero attached hydrogens (tertiary/aromatic N) is 2. The van der Waals surface area contributed by atoms with Gasteiger partial charge in [-0.15, -0.1) is 0 Å². The van der Waals surface area contributed by atoms with E-state index in [0.29, 0.717) is 12.3 Å². The van der Waals surface area contributed by atoms with Crippen molar-refractivity contribution in [3.05, 3.63) is 11.8 Å². The highest BCUT2D eigenvalue weighted by molar-refractivity contribution is 7.61. The SMILES string of the molecule is CCCCCCCCCCCC[N+](C)(C)Cc1cc(P(=O)(OC(C)C)OC(C)C)no1.[Br-]. The fourth-order valence-electron chi connectivity index (χ4n) is 3.72. The molecule has 1 aromatic heterocycles. The first-order chi connectivity index (χ1) is 14.6. The van der Waals surface area contributed by atoms with Gasteiger partial charge in [-0.2, -0.15) is 0 Å². The summed E-state index contributed by atoms with van der Waals surface area (Å²) in [7, 11) is 0.912. The summed E-state index contributed by atoms with van der Waals surface area (Å²) in [6, 6.07) is 1.74. The van der Waals surface area contributed by atoms with Crippen LogP contribution in [0.15, 0.2) is 10.6 Å². The number of quaternary nitrogens is 1. The van der Waals surface area contributed by atoms with Crippen LogP contribution in [0.3, 0.4) is 0 Å². The summed E-state index contributed by atoms with van der Waals surface area (Å²) in [5, 5.41) is 4.04. The lowest BCUT2D eigenvalue weighted by molar-refractivity contribution is -0.904. The van der Waals surface area contributed by atoms with Crippen LogP contribution in [-0.4, -0.2) is 42.5 Å². The molecule has 0 amide bonds. The van der Waals surface area contributed by atoms with E-state index in [2.05, 4.69) is 26.2 Å². The lowest BCUT2D eigenvalue weighted by atomic mass is 10.1. The number of aromatic nitrogens is 1. The Morgan fingerprint density at radius 3 is 1.84 bits per heavy atom. The number of rotatable bonds is 18. The predicted octanol–water partition coefficient (Wildman–Crippen LogP) is 3.84. The number of hydrogen-bond acceptors (Lipinski definition) is 5. The van der Waals surface area contributed by atoms with E-state index < -0.39 is 7.60 Å². The zero-order valence-electron chi connectivity index (χ0n) is 21.6. The van der Waals surface area contributed by atoms with Crippen molar-refractivity contribution in [3.8, 4) is 0 Å². The van der Waals surface area contributed by atoms with Crippen molar-refractivity contribution in [2.24, 2.45) is 0 Å². The topological polar surface area (TPSA) is 61.6 Å². The first-order valence-electron chi connectivity index (χ1n) is 12.3. The molecule has 1 aromatic rings. The van der Waals surface area contributed by atoms with Gasteiger partial charge in [0.1, 0.15) is 6.54 Å². The highest BCUT2D eigenvalue weighted by atomic mass is 79.9. The Hall–Kier alpha value is -0.200. The summed E-state index contributed by atoms with van der Waals surface area (Å²) in [4.78, 5) is 0. The van der Waals surface area contributed by atoms with E-state index in [9.17, 15) is 4.57 Å². The molecule has 0 aromatic carbocycles. The normalized spacial score (nSPS) is 12.5. The van der Waals surface area contributed by atoms with Crippen LogP contribution in [0.4, 0.5) is 0 Å². The van der Waals surface area contributed by atoms with Gasteiger partial charge in [0.15, 0.2) is 11.2 Å². The van der Waals surface area contributed by atoms with Crippen LogP contribution >= 0.6 is 7.60 Å². The Morgan fingerprint density at radius 1 is 0.906 bits per heavy atom. The number of halogens is 1. The second-order valence-corrected chi connectivity index (χ2v) is 11.8. The number of hydrogen-bond donors (Lipinski definition) is 0. The minimum absolute atomic E-state index is 0. The zero-order valence-corrected chi connectivity index (χ0v) is 24.1. The fourth-order valence-corrected chi connectivity index (χ4v) is 5.54. The number of unbranched alkanes of at least 4 members (excludes halogenated alkanes) is 9. The van der Waals surface area contributed by atoms with E-state index in [-0.39, 0.29) is 34.6 Å². The Morgan fingerprint density at radius 2 is 1.38 bits per heavy atom. The first kappa shape index (κ1) is 31.8. The summed E-state index contributed by atoms with van der Waals surface area (Å²) in [5.74, 6) is 0.715. The molecule has 8 heteroatoms. The molecule has 0 radical (unpaired) electrons. The van der Waals surface area contributed by atoms with Gasteiger partial charge in [0.05, 0.1) is 32.8 Å². The van der Waals surface area contributed by atoms with E-state index >= 15 is 0 Å². The molecule has 1 heterocycles. The summed E-state index contributed by atoms with van der Waals surface area (Å²) >= 11 is 0. The van der Waals surface area contributed by atoms with Crippen LogP contribution in [0.1, 0.15) is 105 Å². The van der Waals surface area contributed by atoms with Crippen molar-refractivity contribution >= 4 is 13.0 Å². The molecule has 6 nitrogen and oxygen atoms in total. The van der Waals surface area contributed by atoms with Crippen molar-refractivity contribution in [1.29, 1.82) is 0 Å². The molecule has 0 saturated carbocycles. The fraction of sp³-hybridized carbons (Fsp3) is 0.875. The van der Waals surface area contributed by atoms with Gasteiger partial charge in [0.2, 0.25) is 0 Å². The van der Waals surface area contributed by atoms with Crippen molar-refractivity contribution < 1.29 is 39.6 Å². The van der Waals surface area contributed by atoms with Crippen molar-refractivity contribution in [2.45, 2.75) is 118 Å². The maximum atomic E-state index is 13.2. The van der Waals surface area contributed by atoms with E-state index in [1.807, 2.05) is 27.7 Å². The average molecular weight is 540 g/mol. The molecule has 0 fully saturated rings. The monoisotopic (exact) mass is 538 g/mol. The van der Waals surface area contributed by atoms with E-state index in [1.165, 1.54) is 64.2 Å². The first-order valence-corrected chi connectivity index (χ1v) is 13.9. The van der Waals surface area contributed by atoms with E-state index in [0.717, 1.165) is 11.0 Å². The minimum atomic E-state index is -3.49. The van der Waals surface area contributed by atoms with Gasteiger partial charge >= 0.3 is 7.60 Å². The van der Waals surface area contributed by atoms with Gasteiger partial charge < -0.3 is 35.0 Å². The molecule has 0 aliphatic rings. The van der Waals surface area contributed by atoms with Crippen LogP contribution in [0.25, 0.3) is 0 Å². The molecule has 0 spiro atoms. The van der Waals surface area contributed by atoms with Crippen LogP contribution in [0.2, 0.25) is 0 Å². The van der Waals surface area contributed by atoms with Crippen LogP contribution < -0.4 is 22.4 Å². The summed E-state index contributed by atoms with van der Waals surface area (Å²) < 4.78 is 30.8. The van der Waals surface area contributed by atoms with Crippen molar-refractivity contribution in [1.82, 2.24) is 5.16 Å². The van der Waals surface area contributed by atoms with Gasteiger partial charge in [-0.05, 0) is 40.5 Å². The minimum Gasteiger partial charge on any atom is -1.00 e. The zero-order chi connectivity index (χ0) is 23.3. The lowest BCUT2D eigenvalue weighted by Gasteiger charge is -2.28. The Kier molecular flexibility index (Phi) is 16.3. The summed E-state index contributed by atoms with van der Waals surface area (Å²) in [6.45, 7) is 11.4. The van der Waals surface area contributed by atoms with Crippen molar-refractivity contribution in [2.75, 3.05) is 20.6 Å². The van der Waals surface area contributed by atoms with Crippen LogP contribution in [-0.2, 0) is 20.2 Å². The predicted molar refractivity (Wildman–Crippen MR) is 129 cm³/mol. The van der Waals surface area contributed by atoms with Gasteiger partial charge in [0.25, 0.3) is 0 Å². The van der Waals surface area contributed by atoms with Crippen LogP contribution in [0, 0.1) is 0 Å². The Balaban J connectivity index is 0.00000961. The molecule has 0 aliphatic heterocycles. The maximum Gasteiger partial charge on any atom is 0.383 e. The van der Waals surface area contributed by atoms with E-state index in [4.69, 9.17) is 13.6 Å². The molecule has 0 saturated heterocycles. The molecule has 0 bridgehead atoms. The maximum absolute atomic E-state index is 13.2. The largest absolute Gasteiger partial charge is 1.00 e.